The number of aromatic nitrogens is 2. The quantitative estimate of drug-likeness (QED) is 0.788. The molecule has 7 heteroatoms. The van der Waals surface area contributed by atoms with Gasteiger partial charge in [-0.05, 0) is 37.3 Å². The van der Waals surface area contributed by atoms with Crippen molar-refractivity contribution in [3.05, 3.63) is 64.8 Å². The van der Waals surface area contributed by atoms with Gasteiger partial charge in [-0.15, -0.1) is 11.3 Å². The van der Waals surface area contributed by atoms with Crippen LogP contribution in [0.1, 0.15) is 15.2 Å². The number of benzene rings is 1. The molecule has 2 heterocycles. The molecule has 0 fully saturated rings. The number of aryl methyl sites for hydroxylation is 1. The number of hydrogen-bond donors (Lipinski definition) is 1. The lowest BCUT2D eigenvalue weighted by Crippen LogP contribution is -2.11. The number of thiazole rings is 1. The van der Waals surface area contributed by atoms with Crippen molar-refractivity contribution < 1.29 is 13.6 Å². The highest BCUT2D eigenvalue weighted by Gasteiger charge is 2.14. The monoisotopic (exact) mass is 331 g/mol. The molecule has 116 valence electrons. The molecule has 1 amide bonds. The number of anilines is 1. The number of nitrogens with zero attached hydrogens (tertiary/aromatic N) is 2. The molecule has 0 saturated heterocycles. The SMILES string of the molecule is Cc1sc(NC(=O)c2cccnc2)nc1-c1ccc(F)c(F)c1. The van der Waals surface area contributed by atoms with Gasteiger partial charge in [0.2, 0.25) is 0 Å². The summed E-state index contributed by atoms with van der Waals surface area (Å²) in [5, 5.41) is 3.06. The van der Waals surface area contributed by atoms with Gasteiger partial charge in [0.25, 0.3) is 5.91 Å². The van der Waals surface area contributed by atoms with Crippen LogP contribution >= 0.6 is 11.3 Å². The topological polar surface area (TPSA) is 54.9 Å². The minimum absolute atomic E-state index is 0.330. The highest BCUT2D eigenvalue weighted by atomic mass is 32.1. The maximum Gasteiger partial charge on any atom is 0.259 e. The summed E-state index contributed by atoms with van der Waals surface area (Å²) in [6.07, 6.45) is 3.03. The fraction of sp³-hybridized carbons (Fsp3) is 0.0625. The lowest BCUT2D eigenvalue weighted by atomic mass is 10.1. The molecule has 2 aromatic heterocycles. The summed E-state index contributed by atoms with van der Waals surface area (Å²) < 4.78 is 26.4. The standard InChI is InChI=1S/C16H11F2N3OS/c1-9-14(10-4-5-12(17)13(18)7-10)20-16(23-9)21-15(22)11-3-2-6-19-8-11/h2-8H,1H3,(H,20,21,22). The molecular weight excluding hydrogens is 320 g/mol. The average molecular weight is 331 g/mol. The van der Waals surface area contributed by atoms with Crippen molar-refractivity contribution in [3.8, 4) is 11.3 Å². The maximum atomic E-state index is 13.4. The van der Waals surface area contributed by atoms with Crippen molar-refractivity contribution in [2.75, 3.05) is 5.32 Å². The van der Waals surface area contributed by atoms with E-state index >= 15 is 0 Å². The average Bonchev–Trinajstić information content (AvgIpc) is 2.91. The van der Waals surface area contributed by atoms with Gasteiger partial charge in [0, 0.05) is 22.8 Å². The lowest BCUT2D eigenvalue weighted by molar-refractivity contribution is 0.102. The van der Waals surface area contributed by atoms with E-state index in [1.54, 1.807) is 25.3 Å². The van der Waals surface area contributed by atoms with Gasteiger partial charge in [0.1, 0.15) is 0 Å². The highest BCUT2D eigenvalue weighted by molar-refractivity contribution is 7.16. The van der Waals surface area contributed by atoms with Crippen molar-refractivity contribution >= 4 is 22.4 Å². The first-order valence-corrected chi connectivity index (χ1v) is 7.50. The largest absolute Gasteiger partial charge is 0.298 e. The van der Waals surface area contributed by atoms with Crippen LogP contribution in [0.25, 0.3) is 11.3 Å². The molecule has 1 aromatic carbocycles. The van der Waals surface area contributed by atoms with Crippen LogP contribution < -0.4 is 5.32 Å². The number of carbonyl (C=O) groups is 1. The van der Waals surface area contributed by atoms with Crippen LogP contribution in [0.5, 0.6) is 0 Å². The van der Waals surface area contributed by atoms with Crippen LogP contribution in [-0.2, 0) is 0 Å². The number of hydrogen-bond acceptors (Lipinski definition) is 4. The second-order valence-electron chi connectivity index (χ2n) is 4.75. The Bertz CT molecular complexity index is 865. The zero-order valence-electron chi connectivity index (χ0n) is 12.0. The van der Waals surface area contributed by atoms with E-state index in [9.17, 15) is 13.6 Å². The summed E-state index contributed by atoms with van der Waals surface area (Å²) in [7, 11) is 0. The van der Waals surface area contributed by atoms with Gasteiger partial charge in [0.15, 0.2) is 16.8 Å². The number of pyridine rings is 1. The number of carbonyl (C=O) groups excluding carboxylic acids is 1. The number of halogens is 2. The summed E-state index contributed by atoms with van der Waals surface area (Å²) in [5.41, 5.74) is 1.38. The normalized spacial score (nSPS) is 10.6. The van der Waals surface area contributed by atoms with E-state index in [1.807, 2.05) is 0 Å². The highest BCUT2D eigenvalue weighted by Crippen LogP contribution is 2.31. The third-order valence-corrected chi connectivity index (χ3v) is 4.02. The molecule has 0 bridgehead atoms. The van der Waals surface area contributed by atoms with Crippen molar-refractivity contribution in [2.45, 2.75) is 6.92 Å². The Balaban J connectivity index is 1.86. The molecule has 0 unspecified atom stereocenters. The zero-order valence-corrected chi connectivity index (χ0v) is 12.8. The van der Waals surface area contributed by atoms with Crippen LogP contribution in [0.3, 0.4) is 0 Å². The molecule has 23 heavy (non-hydrogen) atoms. The van der Waals surface area contributed by atoms with Crippen LogP contribution in [0.15, 0.2) is 42.7 Å². The summed E-state index contributed by atoms with van der Waals surface area (Å²) in [6.45, 7) is 1.80. The van der Waals surface area contributed by atoms with E-state index in [0.717, 1.165) is 17.0 Å². The Labute approximate surface area is 134 Å². The van der Waals surface area contributed by atoms with E-state index < -0.39 is 11.6 Å². The molecule has 3 rings (SSSR count). The van der Waals surface area contributed by atoms with Crippen molar-refractivity contribution in [1.82, 2.24) is 9.97 Å². The van der Waals surface area contributed by atoms with E-state index in [2.05, 4.69) is 15.3 Å². The number of amides is 1. The predicted octanol–water partition coefficient (Wildman–Crippen LogP) is 4.04. The fourth-order valence-corrected chi connectivity index (χ4v) is 2.86. The summed E-state index contributed by atoms with van der Waals surface area (Å²) in [4.78, 5) is 21.0. The predicted molar refractivity (Wildman–Crippen MR) is 84.4 cm³/mol. The molecule has 4 nitrogen and oxygen atoms in total. The molecule has 0 spiro atoms. The minimum atomic E-state index is -0.934. The van der Waals surface area contributed by atoms with E-state index in [0.29, 0.717) is 22.0 Å². The Morgan fingerprint density at radius 1 is 1.22 bits per heavy atom. The smallest absolute Gasteiger partial charge is 0.259 e. The molecule has 0 aliphatic rings. The Hall–Kier alpha value is -2.67. The minimum Gasteiger partial charge on any atom is -0.298 e. The molecule has 0 saturated carbocycles. The second-order valence-corrected chi connectivity index (χ2v) is 5.95. The van der Waals surface area contributed by atoms with Crippen molar-refractivity contribution in [1.29, 1.82) is 0 Å². The van der Waals surface area contributed by atoms with Crippen molar-refractivity contribution in [3.63, 3.8) is 0 Å². The van der Waals surface area contributed by atoms with Gasteiger partial charge < -0.3 is 0 Å². The van der Waals surface area contributed by atoms with Crippen molar-refractivity contribution in [2.24, 2.45) is 0 Å². The molecule has 1 N–H and O–H groups in total. The molecule has 0 atom stereocenters. The number of nitrogens with one attached hydrogen (secondary N) is 1. The van der Waals surface area contributed by atoms with Crippen LogP contribution in [0.4, 0.5) is 13.9 Å². The van der Waals surface area contributed by atoms with Gasteiger partial charge in [-0.25, -0.2) is 13.8 Å². The van der Waals surface area contributed by atoms with Crippen LogP contribution in [-0.4, -0.2) is 15.9 Å². The summed E-state index contributed by atoms with van der Waals surface area (Å²) in [5.74, 6) is -2.17. The first-order valence-electron chi connectivity index (χ1n) is 6.69. The third kappa shape index (κ3) is 3.24. The van der Waals surface area contributed by atoms with Gasteiger partial charge in [0.05, 0.1) is 11.3 Å². The molecular formula is C16H11F2N3OS. The van der Waals surface area contributed by atoms with Gasteiger partial charge in [-0.2, -0.15) is 0 Å². The first-order chi connectivity index (χ1) is 11.0. The van der Waals surface area contributed by atoms with E-state index in [4.69, 9.17) is 0 Å². The third-order valence-electron chi connectivity index (χ3n) is 3.13. The van der Waals surface area contributed by atoms with E-state index in [-0.39, 0.29) is 5.91 Å². The summed E-state index contributed by atoms with van der Waals surface area (Å²) >= 11 is 1.26. The lowest BCUT2D eigenvalue weighted by Gasteiger charge is -2.01. The maximum absolute atomic E-state index is 13.4. The van der Waals surface area contributed by atoms with Crippen LogP contribution in [0, 0.1) is 18.6 Å². The summed E-state index contributed by atoms with van der Waals surface area (Å²) in [6, 6.07) is 6.89. The zero-order chi connectivity index (χ0) is 16.4. The Morgan fingerprint density at radius 2 is 2.04 bits per heavy atom. The Morgan fingerprint density at radius 3 is 2.74 bits per heavy atom. The molecule has 0 aliphatic heterocycles. The van der Waals surface area contributed by atoms with Crippen LogP contribution in [0.2, 0.25) is 0 Å². The van der Waals surface area contributed by atoms with Gasteiger partial charge in [-0.3, -0.25) is 15.1 Å². The first kappa shape index (κ1) is 15.2. The Kier molecular flexibility index (Phi) is 4.12. The van der Waals surface area contributed by atoms with Gasteiger partial charge in [-0.1, -0.05) is 0 Å². The van der Waals surface area contributed by atoms with E-state index in [1.165, 1.54) is 23.6 Å². The van der Waals surface area contributed by atoms with Gasteiger partial charge >= 0.3 is 0 Å². The second kappa shape index (κ2) is 6.21. The molecule has 0 aliphatic carbocycles. The molecule has 0 radical (unpaired) electrons. The molecule has 3 aromatic rings. The number of rotatable bonds is 3. The fourth-order valence-electron chi connectivity index (χ4n) is 2.03.